The van der Waals surface area contributed by atoms with Gasteiger partial charge in [0, 0.05) is 22.0 Å². The minimum atomic E-state index is -0.544. The summed E-state index contributed by atoms with van der Waals surface area (Å²) in [4.78, 5) is 25.3. The molecule has 7 heteroatoms. The number of nitrogens with zero attached hydrogens (tertiary/aromatic N) is 1. The summed E-state index contributed by atoms with van der Waals surface area (Å²) in [5.41, 5.74) is 6.43. The van der Waals surface area contributed by atoms with Gasteiger partial charge in [0.25, 0.3) is 5.91 Å². The third-order valence-electron chi connectivity index (χ3n) is 5.46. The van der Waals surface area contributed by atoms with E-state index in [4.69, 9.17) is 9.15 Å². The fraction of sp³-hybridized carbons (Fsp3) is 0.240. The van der Waals surface area contributed by atoms with Gasteiger partial charge < -0.3 is 9.15 Å². The molecule has 1 aromatic heterocycles. The van der Waals surface area contributed by atoms with Gasteiger partial charge in [0.15, 0.2) is 0 Å². The smallest absolute Gasteiger partial charge is 0.379 e. The number of aryl methyl sites for hydroxylation is 2. The number of ether oxygens (including phenoxy) is 1. The van der Waals surface area contributed by atoms with Gasteiger partial charge in [-0.1, -0.05) is 31.2 Å². The number of halogens is 1. The molecule has 0 aliphatic heterocycles. The van der Waals surface area contributed by atoms with Crippen LogP contribution in [0.4, 0.5) is 0 Å². The minimum Gasteiger partial charge on any atom is -0.453 e. The van der Waals surface area contributed by atoms with Gasteiger partial charge in [-0.2, -0.15) is 5.10 Å². The molecule has 6 nitrogen and oxygen atoms in total. The van der Waals surface area contributed by atoms with E-state index >= 15 is 0 Å². The lowest BCUT2D eigenvalue weighted by molar-refractivity contribution is 0.0698. The Morgan fingerprint density at radius 3 is 2.59 bits per heavy atom. The molecule has 164 valence electrons. The molecule has 0 unspecified atom stereocenters. The van der Waals surface area contributed by atoms with Crippen LogP contribution in [0.1, 0.15) is 63.1 Å². The van der Waals surface area contributed by atoms with Crippen molar-refractivity contribution < 1.29 is 18.7 Å². The second-order valence-corrected chi connectivity index (χ2v) is 8.43. The van der Waals surface area contributed by atoms with Crippen molar-refractivity contribution in [1.82, 2.24) is 5.43 Å². The molecule has 1 heterocycles. The Hall–Kier alpha value is -3.19. The van der Waals surface area contributed by atoms with E-state index in [0.717, 1.165) is 18.4 Å². The fourth-order valence-corrected chi connectivity index (χ4v) is 4.21. The zero-order valence-electron chi connectivity index (χ0n) is 17.9. The molecule has 1 aliphatic rings. The molecule has 0 fully saturated rings. The highest BCUT2D eigenvalue weighted by Crippen LogP contribution is 2.30. The number of benzene rings is 2. The van der Waals surface area contributed by atoms with Gasteiger partial charge in [0.1, 0.15) is 11.5 Å². The van der Waals surface area contributed by atoms with Crippen LogP contribution in [0, 0.1) is 6.92 Å². The summed E-state index contributed by atoms with van der Waals surface area (Å²) in [5, 5.41) is 4.36. The summed E-state index contributed by atoms with van der Waals surface area (Å²) in [6.45, 7) is 3.88. The van der Waals surface area contributed by atoms with Crippen molar-refractivity contribution in [3.63, 3.8) is 0 Å². The zero-order chi connectivity index (χ0) is 22.7. The highest BCUT2D eigenvalue weighted by Gasteiger charge is 2.29. The third-order valence-corrected chi connectivity index (χ3v) is 6.16. The van der Waals surface area contributed by atoms with Crippen LogP contribution in [-0.4, -0.2) is 17.6 Å². The monoisotopic (exact) mass is 494 g/mol. The molecular formula is C25H23BrN2O4. The molecular weight excluding hydrogens is 472 g/mol. The third kappa shape index (κ3) is 4.53. The number of carbonyl (C=O) groups is 2. The molecule has 0 spiro atoms. The number of fused-ring (bicyclic) bond motifs is 1. The van der Waals surface area contributed by atoms with E-state index in [0.29, 0.717) is 45.7 Å². The van der Waals surface area contributed by atoms with E-state index in [9.17, 15) is 9.59 Å². The van der Waals surface area contributed by atoms with Gasteiger partial charge in [-0.3, -0.25) is 4.79 Å². The summed E-state index contributed by atoms with van der Waals surface area (Å²) in [6.07, 6.45) is 3.11. The first-order valence-electron chi connectivity index (χ1n) is 10.5. The first kappa shape index (κ1) is 22.0. The molecule has 1 N–H and O–H groups in total. The maximum atomic E-state index is 12.8. The fourth-order valence-electron chi connectivity index (χ4n) is 3.75. The number of furan rings is 1. The van der Waals surface area contributed by atoms with Crippen LogP contribution in [0.2, 0.25) is 0 Å². The number of hydrazone groups is 1. The van der Waals surface area contributed by atoms with E-state index in [-0.39, 0.29) is 11.7 Å². The van der Waals surface area contributed by atoms with Crippen molar-refractivity contribution in [3.8, 4) is 5.75 Å². The molecule has 3 aromatic rings. The van der Waals surface area contributed by atoms with Crippen molar-refractivity contribution in [2.75, 3.05) is 0 Å². The van der Waals surface area contributed by atoms with Gasteiger partial charge in [-0.05, 0) is 71.9 Å². The van der Waals surface area contributed by atoms with Gasteiger partial charge in [-0.15, -0.1) is 0 Å². The predicted octanol–water partition coefficient (Wildman–Crippen LogP) is 5.60. The Morgan fingerprint density at radius 2 is 1.88 bits per heavy atom. The highest BCUT2D eigenvalue weighted by molar-refractivity contribution is 9.10. The molecule has 32 heavy (non-hydrogen) atoms. The predicted molar refractivity (Wildman–Crippen MR) is 125 cm³/mol. The van der Waals surface area contributed by atoms with Crippen LogP contribution < -0.4 is 10.2 Å². The molecule has 0 atom stereocenters. The number of rotatable bonds is 5. The second kappa shape index (κ2) is 9.53. The molecule has 0 saturated carbocycles. The molecule has 0 bridgehead atoms. The highest BCUT2D eigenvalue weighted by atomic mass is 79.9. The lowest BCUT2D eigenvalue weighted by atomic mass is 9.93. The number of esters is 1. The van der Waals surface area contributed by atoms with Crippen LogP contribution in [0.3, 0.4) is 0 Å². The number of hydrogen-bond acceptors (Lipinski definition) is 5. The van der Waals surface area contributed by atoms with Crippen molar-refractivity contribution in [2.45, 2.75) is 39.5 Å². The SMILES string of the molecule is CCc1ccc(OC(=O)c2oc3c(c2C)/C(=N/NC(=O)c2ccccc2Br)CCC3)cc1. The minimum absolute atomic E-state index is 0.168. The van der Waals surface area contributed by atoms with Crippen molar-refractivity contribution in [1.29, 1.82) is 0 Å². The lowest BCUT2D eigenvalue weighted by Gasteiger charge is -2.13. The van der Waals surface area contributed by atoms with E-state index in [1.807, 2.05) is 25.1 Å². The van der Waals surface area contributed by atoms with E-state index in [1.54, 1.807) is 30.3 Å². The Morgan fingerprint density at radius 1 is 1.12 bits per heavy atom. The summed E-state index contributed by atoms with van der Waals surface area (Å²) in [6, 6.07) is 14.6. The summed E-state index contributed by atoms with van der Waals surface area (Å²) < 4.78 is 12.1. The molecule has 4 rings (SSSR count). The van der Waals surface area contributed by atoms with Gasteiger partial charge in [0.2, 0.25) is 5.76 Å². The Labute approximate surface area is 194 Å². The summed E-state index contributed by atoms with van der Waals surface area (Å²) in [5.74, 6) is 0.471. The first-order chi connectivity index (χ1) is 15.5. The molecule has 1 amide bonds. The number of amides is 1. The van der Waals surface area contributed by atoms with Crippen LogP contribution >= 0.6 is 15.9 Å². The normalized spacial score (nSPS) is 14.2. The number of nitrogens with one attached hydrogen (secondary N) is 1. The van der Waals surface area contributed by atoms with E-state index < -0.39 is 5.97 Å². The van der Waals surface area contributed by atoms with E-state index in [1.165, 1.54) is 5.56 Å². The molecule has 0 radical (unpaired) electrons. The summed E-state index contributed by atoms with van der Waals surface area (Å²) >= 11 is 3.38. The van der Waals surface area contributed by atoms with Gasteiger partial charge >= 0.3 is 5.97 Å². The average molecular weight is 495 g/mol. The quantitative estimate of drug-likeness (QED) is 0.284. The van der Waals surface area contributed by atoms with E-state index in [2.05, 4.69) is 33.4 Å². The maximum Gasteiger partial charge on any atom is 0.379 e. The molecule has 2 aromatic carbocycles. The summed E-state index contributed by atoms with van der Waals surface area (Å²) in [7, 11) is 0. The van der Waals surface area contributed by atoms with Crippen molar-refractivity contribution in [3.05, 3.63) is 86.8 Å². The van der Waals surface area contributed by atoms with Crippen LogP contribution in [0.25, 0.3) is 0 Å². The van der Waals surface area contributed by atoms with Crippen molar-refractivity contribution >= 4 is 33.5 Å². The Kier molecular flexibility index (Phi) is 6.55. The topological polar surface area (TPSA) is 80.9 Å². The van der Waals surface area contributed by atoms with Crippen LogP contribution in [0.15, 0.2) is 62.5 Å². The number of hydrogen-bond donors (Lipinski definition) is 1. The number of carbonyl (C=O) groups excluding carboxylic acids is 2. The van der Waals surface area contributed by atoms with Crippen LogP contribution in [-0.2, 0) is 12.8 Å². The lowest BCUT2D eigenvalue weighted by Crippen LogP contribution is -2.22. The van der Waals surface area contributed by atoms with Gasteiger partial charge in [0.05, 0.1) is 11.3 Å². The Bertz CT molecular complexity index is 1200. The van der Waals surface area contributed by atoms with Crippen molar-refractivity contribution in [2.24, 2.45) is 5.10 Å². The first-order valence-corrected chi connectivity index (χ1v) is 11.3. The van der Waals surface area contributed by atoms with Gasteiger partial charge in [-0.25, -0.2) is 10.2 Å². The second-order valence-electron chi connectivity index (χ2n) is 7.57. The molecule has 0 saturated heterocycles. The van der Waals surface area contributed by atoms with Crippen LogP contribution in [0.5, 0.6) is 5.75 Å². The maximum absolute atomic E-state index is 12.8. The standard InChI is InChI=1S/C25H23BrN2O4/c1-3-16-11-13-17(14-12-16)31-25(30)23-15(2)22-20(9-6-10-21(22)32-23)27-28-24(29)18-7-4-5-8-19(18)26/h4-5,7-8,11-14H,3,6,9-10H2,1-2H3,(H,28,29)/b27-20+. The average Bonchev–Trinajstić information content (AvgIpc) is 3.15. The Balaban J connectivity index is 1.55. The largest absolute Gasteiger partial charge is 0.453 e. The zero-order valence-corrected chi connectivity index (χ0v) is 19.5. The molecule has 1 aliphatic carbocycles.